The van der Waals surface area contributed by atoms with Crippen LogP contribution >= 0.6 is 0 Å². The molecule has 23 nitrogen and oxygen atoms in total. The van der Waals surface area contributed by atoms with Crippen molar-refractivity contribution in [2.24, 2.45) is 0 Å². The summed E-state index contributed by atoms with van der Waals surface area (Å²) < 4.78 is 34.2. The highest BCUT2D eigenvalue weighted by Gasteiger charge is 2.55. The van der Waals surface area contributed by atoms with Gasteiger partial charge in [0.05, 0.1) is 33.0 Å². The van der Waals surface area contributed by atoms with Crippen LogP contribution in [0.15, 0.2) is 0 Å². The van der Waals surface area contributed by atoms with Crippen molar-refractivity contribution < 1.29 is 104 Å². The molecule has 3 saturated heterocycles. The number of ether oxygens (including phenoxy) is 6. The number of rotatable bonds is 16. The van der Waals surface area contributed by atoms with Crippen molar-refractivity contribution in [3.63, 3.8) is 0 Å². The predicted molar refractivity (Wildman–Crippen MR) is 159 cm³/mol. The summed E-state index contributed by atoms with van der Waals surface area (Å²) in [7, 11) is 0. The Kier molecular flexibility index (Phi) is 16.7. The molecule has 2 amide bonds. The average molecular weight is 751 g/mol. The molecule has 0 aromatic rings. The van der Waals surface area contributed by atoms with Gasteiger partial charge in [-0.05, 0) is 0 Å². The fourth-order valence-electron chi connectivity index (χ4n) is 5.93. The Bertz CT molecular complexity index is 1100. The zero-order valence-electron chi connectivity index (χ0n) is 27.6. The molecule has 0 radical (unpaired) electrons. The molecule has 0 saturated carbocycles. The van der Waals surface area contributed by atoms with Crippen LogP contribution in [0.2, 0.25) is 0 Å². The topological polar surface area (TPSA) is 377 Å². The van der Waals surface area contributed by atoms with Gasteiger partial charge in [-0.15, -0.1) is 0 Å². The third-order valence-electron chi connectivity index (χ3n) is 8.66. The lowest BCUT2D eigenvalue weighted by Gasteiger charge is -2.50. The highest BCUT2D eigenvalue weighted by molar-refractivity contribution is 5.73. The van der Waals surface area contributed by atoms with E-state index in [1.165, 1.54) is 0 Å². The molecule has 3 aliphatic heterocycles. The fourth-order valence-corrected chi connectivity index (χ4v) is 5.93. The van der Waals surface area contributed by atoms with Crippen LogP contribution in [0, 0.1) is 0 Å². The van der Waals surface area contributed by atoms with Gasteiger partial charge < -0.3 is 105 Å². The number of carbonyl (C=O) groups excluding carboxylic acids is 2. The summed E-state index contributed by atoms with van der Waals surface area (Å²) in [6.07, 6.45) is -31.0. The minimum Gasteiger partial charge on any atom is -0.394 e. The van der Waals surface area contributed by atoms with Crippen molar-refractivity contribution in [2.75, 3.05) is 33.0 Å². The number of aliphatic hydroxyl groups is 13. The summed E-state index contributed by atoms with van der Waals surface area (Å²) in [6.45, 7) is -2.65. The monoisotopic (exact) mass is 750 g/mol. The molecule has 298 valence electrons. The Morgan fingerprint density at radius 1 is 0.588 bits per heavy atom. The first kappa shape index (κ1) is 43.6. The van der Waals surface area contributed by atoms with Gasteiger partial charge in [-0.2, -0.15) is 0 Å². The van der Waals surface area contributed by atoms with Gasteiger partial charge in [-0.25, -0.2) is 0 Å². The smallest absolute Gasteiger partial charge is 0.217 e. The zero-order valence-corrected chi connectivity index (χ0v) is 27.6. The molecule has 19 atom stereocenters. The van der Waals surface area contributed by atoms with Crippen molar-refractivity contribution in [1.29, 1.82) is 0 Å². The first-order chi connectivity index (χ1) is 24.0. The summed E-state index contributed by atoms with van der Waals surface area (Å²) in [5.74, 6) is -1.51. The van der Waals surface area contributed by atoms with E-state index in [0.29, 0.717) is 0 Å². The lowest BCUT2D eigenvalue weighted by Crippen LogP contribution is -2.70. The lowest BCUT2D eigenvalue weighted by molar-refractivity contribution is -0.379. The molecule has 0 aromatic carbocycles. The van der Waals surface area contributed by atoms with Crippen LogP contribution in [0.1, 0.15) is 13.8 Å². The molecule has 0 unspecified atom stereocenters. The molecular formula is C28H50N2O21. The van der Waals surface area contributed by atoms with Gasteiger partial charge in [0.15, 0.2) is 18.9 Å². The molecule has 51 heavy (non-hydrogen) atoms. The van der Waals surface area contributed by atoms with Gasteiger partial charge in [0.2, 0.25) is 11.8 Å². The highest BCUT2D eigenvalue weighted by atomic mass is 16.8. The molecule has 3 rings (SSSR count). The Labute approximate surface area is 290 Å². The van der Waals surface area contributed by atoms with Crippen molar-refractivity contribution in [2.45, 2.75) is 130 Å². The first-order valence-corrected chi connectivity index (χ1v) is 16.0. The van der Waals surface area contributed by atoms with Gasteiger partial charge in [-0.1, -0.05) is 0 Å². The maximum absolute atomic E-state index is 12.2. The molecule has 0 bridgehead atoms. The third-order valence-corrected chi connectivity index (χ3v) is 8.66. The highest BCUT2D eigenvalue weighted by Crippen LogP contribution is 2.34. The van der Waals surface area contributed by atoms with Gasteiger partial charge in [0.1, 0.15) is 97.5 Å². The van der Waals surface area contributed by atoms with Crippen LogP contribution in [0.3, 0.4) is 0 Å². The van der Waals surface area contributed by atoms with Crippen LogP contribution in [0.25, 0.3) is 0 Å². The Hall–Kier alpha value is -1.82. The minimum absolute atomic E-state index is 0.722. The number of amides is 2. The number of nitrogens with one attached hydrogen (secondary N) is 2. The molecule has 0 aromatic heterocycles. The van der Waals surface area contributed by atoms with Gasteiger partial charge in [-0.3, -0.25) is 9.59 Å². The third kappa shape index (κ3) is 10.2. The Morgan fingerprint density at radius 2 is 1.04 bits per heavy atom. The largest absolute Gasteiger partial charge is 0.394 e. The average Bonchev–Trinajstić information content (AvgIpc) is 3.10. The molecule has 23 heteroatoms. The van der Waals surface area contributed by atoms with Gasteiger partial charge >= 0.3 is 0 Å². The van der Waals surface area contributed by atoms with Crippen LogP contribution < -0.4 is 10.6 Å². The van der Waals surface area contributed by atoms with E-state index < -0.39 is 161 Å². The van der Waals surface area contributed by atoms with E-state index in [4.69, 9.17) is 28.4 Å². The first-order valence-electron chi connectivity index (χ1n) is 16.0. The van der Waals surface area contributed by atoms with Gasteiger partial charge in [0, 0.05) is 13.8 Å². The fraction of sp³-hybridized carbons (Fsp3) is 0.929. The van der Waals surface area contributed by atoms with Crippen LogP contribution in [0.5, 0.6) is 0 Å². The molecular weight excluding hydrogens is 700 g/mol. The standard InChI is InChI=1S/C28H50N2O21/c1-8(36)29-15-20(43)18(41)12(5-33)46-26(15)51-25-22(45)19(42)13(6-34)47-28(25)50-24-14(7-35)48-27(16(21(24)44)30-9(2)37)49-23(11(39)4-32)17(40)10(38)3-31/h10-28,31-35,38-45H,3-7H2,1-2H3,(H,29,36)(H,30,37)/t10-,11+,12+,13+,14+,15+,16+,17+,18+,19+,20+,21+,22-,23-,24-,25-,26+,27+,28-/m0/s1. The van der Waals surface area contributed by atoms with E-state index in [9.17, 15) is 76.0 Å². The van der Waals surface area contributed by atoms with Crippen molar-refractivity contribution in [3.8, 4) is 0 Å². The number of aliphatic hydroxyl groups excluding tert-OH is 13. The van der Waals surface area contributed by atoms with Crippen LogP contribution in [-0.4, -0.2) is 228 Å². The van der Waals surface area contributed by atoms with E-state index in [1.54, 1.807) is 0 Å². The molecule has 15 N–H and O–H groups in total. The van der Waals surface area contributed by atoms with Crippen LogP contribution in [-0.2, 0) is 38.0 Å². The molecule has 3 heterocycles. The number of hydrogen-bond donors (Lipinski definition) is 15. The maximum Gasteiger partial charge on any atom is 0.217 e. The van der Waals surface area contributed by atoms with E-state index in [2.05, 4.69) is 10.6 Å². The van der Waals surface area contributed by atoms with E-state index in [0.717, 1.165) is 13.8 Å². The second-order valence-corrected chi connectivity index (χ2v) is 12.4. The van der Waals surface area contributed by atoms with Crippen molar-refractivity contribution in [1.82, 2.24) is 10.6 Å². The second kappa shape index (κ2) is 19.5. The van der Waals surface area contributed by atoms with Gasteiger partial charge in [0.25, 0.3) is 0 Å². The van der Waals surface area contributed by atoms with E-state index in [-0.39, 0.29) is 0 Å². The number of hydrogen-bond acceptors (Lipinski definition) is 21. The van der Waals surface area contributed by atoms with Crippen LogP contribution in [0.4, 0.5) is 0 Å². The summed E-state index contributed by atoms with van der Waals surface area (Å²) >= 11 is 0. The van der Waals surface area contributed by atoms with E-state index >= 15 is 0 Å². The molecule has 3 fully saturated rings. The predicted octanol–water partition coefficient (Wildman–Crippen LogP) is -9.83. The quantitative estimate of drug-likeness (QED) is 0.0696. The van der Waals surface area contributed by atoms with Crippen molar-refractivity contribution in [3.05, 3.63) is 0 Å². The molecule has 0 spiro atoms. The summed E-state index contributed by atoms with van der Waals surface area (Å²) in [6, 6.07) is -3.22. The van der Waals surface area contributed by atoms with E-state index in [1.807, 2.05) is 0 Å². The van der Waals surface area contributed by atoms with Crippen molar-refractivity contribution >= 4 is 11.8 Å². The summed E-state index contributed by atoms with van der Waals surface area (Å²) in [5, 5.41) is 138. The number of carbonyl (C=O) groups is 2. The maximum atomic E-state index is 12.2. The Balaban J connectivity index is 1.97. The Morgan fingerprint density at radius 3 is 1.53 bits per heavy atom. The SMILES string of the molecule is CC(=O)N[C@H]1[C@@H](O[C@H]([C@H](O)[C@@H](O)CO)[C@H](O)CO)O[C@H](CO)[C@H](O[C@@H]2O[C@H](CO)[C@@H](O)[C@H](O)[C@@H]2O[C@H]2O[C@H](CO)[C@@H](O)[C@H](O)[C@H]2NC(C)=O)[C@@H]1O. The zero-order chi connectivity index (χ0) is 38.3. The molecule has 0 aliphatic carbocycles. The lowest BCUT2D eigenvalue weighted by atomic mass is 9.94. The second-order valence-electron chi connectivity index (χ2n) is 12.4. The molecule has 3 aliphatic rings. The summed E-state index contributed by atoms with van der Waals surface area (Å²) in [5.41, 5.74) is 0. The summed E-state index contributed by atoms with van der Waals surface area (Å²) in [4.78, 5) is 24.1. The minimum atomic E-state index is -2.05. The normalized spacial score (nSPS) is 41.3.